The van der Waals surface area contributed by atoms with Gasteiger partial charge in [-0.15, -0.1) is 11.3 Å². The average Bonchev–Trinajstić information content (AvgIpc) is 2.80. The lowest BCUT2D eigenvalue weighted by atomic mass is 9.98. The summed E-state index contributed by atoms with van der Waals surface area (Å²) >= 11 is 1.77. The smallest absolute Gasteiger partial charge is 0.182 e. The van der Waals surface area contributed by atoms with Gasteiger partial charge in [0.2, 0.25) is 0 Å². The van der Waals surface area contributed by atoms with Crippen LogP contribution in [0.4, 0.5) is 5.13 Å². The van der Waals surface area contributed by atoms with Crippen molar-refractivity contribution in [3.8, 4) is 0 Å². The van der Waals surface area contributed by atoms with Gasteiger partial charge in [-0.3, -0.25) is 4.90 Å². The maximum Gasteiger partial charge on any atom is 0.182 e. The zero-order chi connectivity index (χ0) is 12.8. The second kappa shape index (κ2) is 7.07. The van der Waals surface area contributed by atoms with Crippen LogP contribution in [0.2, 0.25) is 0 Å². The summed E-state index contributed by atoms with van der Waals surface area (Å²) in [6.07, 6.45) is 4.52. The van der Waals surface area contributed by atoms with Crippen molar-refractivity contribution >= 4 is 16.5 Å². The van der Waals surface area contributed by atoms with E-state index in [1.807, 2.05) is 6.20 Å². The van der Waals surface area contributed by atoms with E-state index in [9.17, 15) is 0 Å². The molecule has 0 aliphatic carbocycles. The summed E-state index contributed by atoms with van der Waals surface area (Å²) in [6, 6.07) is 0. The topological polar surface area (TPSA) is 37.4 Å². The van der Waals surface area contributed by atoms with Gasteiger partial charge in [0, 0.05) is 37.9 Å². The van der Waals surface area contributed by atoms with Crippen molar-refractivity contribution in [3.05, 3.63) is 11.1 Å². The van der Waals surface area contributed by atoms with Crippen molar-refractivity contribution in [1.82, 2.24) is 9.88 Å². The summed E-state index contributed by atoms with van der Waals surface area (Å²) in [5, 5.41) is 4.30. The molecule has 5 heteroatoms. The predicted octanol–water partition coefficient (Wildman–Crippen LogP) is 2.43. The number of methoxy groups -OCH3 is 1. The van der Waals surface area contributed by atoms with Crippen LogP contribution < -0.4 is 5.32 Å². The number of rotatable bonds is 6. The molecule has 4 nitrogen and oxygen atoms in total. The lowest BCUT2D eigenvalue weighted by molar-refractivity contribution is 0.0972. The quantitative estimate of drug-likeness (QED) is 0.860. The van der Waals surface area contributed by atoms with Gasteiger partial charge in [-0.25, -0.2) is 4.98 Å². The number of piperidine rings is 1. The number of aromatic nitrogens is 1. The molecule has 0 bridgehead atoms. The third-order valence-electron chi connectivity index (χ3n) is 3.37. The van der Waals surface area contributed by atoms with Crippen LogP contribution in [0.15, 0.2) is 6.20 Å². The first-order valence-electron chi connectivity index (χ1n) is 6.71. The minimum Gasteiger partial charge on any atom is -0.384 e. The standard InChI is InChI=1S/C13H23N3OS/c1-3-14-13-15-8-12(18-13)9-16-6-4-11(5-7-16)10-17-2/h8,11H,3-7,9-10H2,1-2H3,(H,14,15). The van der Waals surface area contributed by atoms with E-state index >= 15 is 0 Å². The van der Waals surface area contributed by atoms with E-state index in [1.165, 1.54) is 30.8 Å². The Balaban J connectivity index is 1.76. The molecular formula is C13H23N3OS. The molecule has 1 aromatic heterocycles. The van der Waals surface area contributed by atoms with Crippen molar-refractivity contribution in [3.63, 3.8) is 0 Å². The summed E-state index contributed by atoms with van der Waals surface area (Å²) in [6.45, 7) is 7.36. The molecule has 0 atom stereocenters. The Kier molecular flexibility index (Phi) is 5.41. The van der Waals surface area contributed by atoms with Crippen LogP contribution in [0.1, 0.15) is 24.6 Å². The number of hydrogen-bond acceptors (Lipinski definition) is 5. The molecule has 0 radical (unpaired) electrons. The highest BCUT2D eigenvalue weighted by atomic mass is 32.1. The van der Waals surface area contributed by atoms with Crippen molar-refractivity contribution < 1.29 is 4.74 Å². The number of ether oxygens (including phenoxy) is 1. The molecule has 0 saturated carbocycles. The zero-order valence-electron chi connectivity index (χ0n) is 11.3. The highest BCUT2D eigenvalue weighted by molar-refractivity contribution is 7.15. The van der Waals surface area contributed by atoms with Crippen LogP contribution >= 0.6 is 11.3 Å². The monoisotopic (exact) mass is 269 g/mol. The lowest BCUT2D eigenvalue weighted by Crippen LogP contribution is -2.34. The summed E-state index contributed by atoms with van der Waals surface area (Å²) < 4.78 is 5.23. The summed E-state index contributed by atoms with van der Waals surface area (Å²) in [5.41, 5.74) is 0. The number of nitrogens with zero attached hydrogens (tertiary/aromatic N) is 2. The van der Waals surface area contributed by atoms with Crippen molar-refractivity contribution in [2.45, 2.75) is 26.3 Å². The Labute approximate surface area is 113 Å². The normalized spacial score (nSPS) is 18.1. The number of hydrogen-bond donors (Lipinski definition) is 1. The van der Waals surface area contributed by atoms with Gasteiger partial charge in [0.15, 0.2) is 5.13 Å². The van der Waals surface area contributed by atoms with Gasteiger partial charge in [-0.1, -0.05) is 0 Å². The van der Waals surface area contributed by atoms with Crippen LogP contribution in [0.25, 0.3) is 0 Å². The second-order valence-corrected chi connectivity index (χ2v) is 5.95. The first kappa shape index (κ1) is 13.8. The molecule has 2 heterocycles. The molecule has 1 saturated heterocycles. The summed E-state index contributed by atoms with van der Waals surface area (Å²) in [7, 11) is 1.80. The Morgan fingerprint density at radius 1 is 1.50 bits per heavy atom. The molecule has 0 unspecified atom stereocenters. The number of likely N-dealkylation sites (tertiary alicyclic amines) is 1. The minimum atomic E-state index is 0.755. The third-order valence-corrected chi connectivity index (χ3v) is 4.31. The molecule has 0 spiro atoms. The zero-order valence-corrected chi connectivity index (χ0v) is 12.1. The average molecular weight is 269 g/mol. The van der Waals surface area contributed by atoms with E-state index in [-0.39, 0.29) is 0 Å². The SMILES string of the molecule is CCNc1ncc(CN2CCC(COC)CC2)s1. The second-order valence-electron chi connectivity index (χ2n) is 4.84. The molecule has 0 aromatic carbocycles. The first-order chi connectivity index (χ1) is 8.81. The molecule has 1 aliphatic rings. The van der Waals surface area contributed by atoms with E-state index in [2.05, 4.69) is 22.1 Å². The largest absolute Gasteiger partial charge is 0.384 e. The molecule has 2 rings (SSSR count). The van der Waals surface area contributed by atoms with Crippen LogP contribution in [-0.4, -0.2) is 43.2 Å². The fraction of sp³-hybridized carbons (Fsp3) is 0.769. The molecule has 1 fully saturated rings. The van der Waals surface area contributed by atoms with Crippen molar-refractivity contribution in [2.75, 3.05) is 38.7 Å². The van der Waals surface area contributed by atoms with E-state index in [1.54, 1.807) is 18.4 Å². The van der Waals surface area contributed by atoms with Gasteiger partial charge in [0.05, 0.1) is 0 Å². The number of anilines is 1. The molecule has 18 heavy (non-hydrogen) atoms. The summed E-state index contributed by atoms with van der Waals surface area (Å²) in [5.74, 6) is 0.755. The van der Waals surface area contributed by atoms with Crippen molar-refractivity contribution in [2.24, 2.45) is 5.92 Å². The Hall–Kier alpha value is -0.650. The van der Waals surface area contributed by atoms with E-state index in [4.69, 9.17) is 4.74 Å². The van der Waals surface area contributed by atoms with Crippen LogP contribution in [0.5, 0.6) is 0 Å². The highest BCUT2D eigenvalue weighted by Gasteiger charge is 2.19. The van der Waals surface area contributed by atoms with Gasteiger partial charge >= 0.3 is 0 Å². The highest BCUT2D eigenvalue weighted by Crippen LogP contribution is 2.23. The molecule has 1 N–H and O–H groups in total. The van der Waals surface area contributed by atoms with Gasteiger partial charge < -0.3 is 10.1 Å². The van der Waals surface area contributed by atoms with Crippen LogP contribution in [0, 0.1) is 5.92 Å². The Morgan fingerprint density at radius 3 is 2.94 bits per heavy atom. The molecule has 0 amide bonds. The first-order valence-corrected chi connectivity index (χ1v) is 7.53. The number of nitrogens with one attached hydrogen (secondary N) is 1. The maximum atomic E-state index is 5.23. The fourth-order valence-electron chi connectivity index (χ4n) is 2.38. The van der Waals surface area contributed by atoms with Crippen LogP contribution in [-0.2, 0) is 11.3 Å². The van der Waals surface area contributed by atoms with E-state index in [0.29, 0.717) is 0 Å². The Bertz CT molecular complexity index is 348. The van der Waals surface area contributed by atoms with Gasteiger partial charge in [-0.05, 0) is 38.8 Å². The van der Waals surface area contributed by atoms with Gasteiger partial charge in [0.25, 0.3) is 0 Å². The molecule has 1 aliphatic heterocycles. The molecule has 102 valence electrons. The molecular weight excluding hydrogens is 246 g/mol. The lowest BCUT2D eigenvalue weighted by Gasteiger charge is -2.31. The number of thiazole rings is 1. The summed E-state index contributed by atoms with van der Waals surface area (Å²) in [4.78, 5) is 8.26. The Morgan fingerprint density at radius 2 is 2.28 bits per heavy atom. The molecule has 1 aromatic rings. The van der Waals surface area contributed by atoms with E-state index < -0.39 is 0 Å². The van der Waals surface area contributed by atoms with Gasteiger partial charge in [0.1, 0.15) is 0 Å². The van der Waals surface area contributed by atoms with E-state index in [0.717, 1.165) is 30.7 Å². The minimum absolute atomic E-state index is 0.755. The third kappa shape index (κ3) is 3.93. The predicted molar refractivity (Wildman–Crippen MR) is 76.2 cm³/mol. The fourth-order valence-corrected chi connectivity index (χ4v) is 3.30. The van der Waals surface area contributed by atoms with Crippen LogP contribution in [0.3, 0.4) is 0 Å². The maximum absolute atomic E-state index is 5.23. The van der Waals surface area contributed by atoms with Gasteiger partial charge in [-0.2, -0.15) is 0 Å². The van der Waals surface area contributed by atoms with Crippen molar-refractivity contribution in [1.29, 1.82) is 0 Å².